The van der Waals surface area contributed by atoms with Gasteiger partial charge >= 0.3 is 0 Å². The van der Waals surface area contributed by atoms with E-state index in [0.29, 0.717) is 19.1 Å². The van der Waals surface area contributed by atoms with Gasteiger partial charge in [-0.2, -0.15) is 0 Å². The SMILES string of the molecule is COC[C@@H]1CCCN1C1=C(C)[C@H](COC)[C@@]2([N+](=O)[O-])CCCC[C@H]2C1. The fourth-order valence-corrected chi connectivity index (χ4v) is 5.67. The van der Waals surface area contributed by atoms with E-state index >= 15 is 0 Å². The van der Waals surface area contributed by atoms with Crippen molar-refractivity contribution >= 4 is 0 Å². The molecular formula is C19H32N2O4. The Hall–Kier alpha value is -1.14. The summed E-state index contributed by atoms with van der Waals surface area (Å²) < 4.78 is 10.9. The monoisotopic (exact) mass is 352 g/mol. The van der Waals surface area contributed by atoms with Crippen LogP contribution in [0.5, 0.6) is 0 Å². The predicted molar refractivity (Wildman–Crippen MR) is 96.0 cm³/mol. The topological polar surface area (TPSA) is 64.8 Å². The minimum Gasteiger partial charge on any atom is -0.384 e. The molecule has 0 radical (unpaired) electrons. The first kappa shape index (κ1) is 18.6. The number of allylic oxidation sites excluding steroid dienone is 1. The van der Waals surface area contributed by atoms with Crippen LogP contribution in [-0.2, 0) is 9.47 Å². The molecule has 142 valence electrons. The summed E-state index contributed by atoms with van der Waals surface area (Å²) in [5, 5.41) is 12.2. The summed E-state index contributed by atoms with van der Waals surface area (Å²) in [4.78, 5) is 14.8. The number of nitro groups is 1. The standard InChI is InChI=1S/C19H32N2O4/c1-14-17(13-25-3)19(21(22)23)9-5-4-7-15(19)11-18(14)20-10-6-8-16(20)12-24-2/h15-17H,4-13H2,1-3H3/t15-,16-,17-,19+/m0/s1. The zero-order chi connectivity index (χ0) is 18.0. The molecule has 1 saturated carbocycles. The van der Waals surface area contributed by atoms with Crippen molar-refractivity contribution in [2.75, 3.05) is 34.0 Å². The summed E-state index contributed by atoms with van der Waals surface area (Å²) >= 11 is 0. The van der Waals surface area contributed by atoms with Crippen LogP contribution in [0.1, 0.15) is 51.9 Å². The van der Waals surface area contributed by atoms with Gasteiger partial charge in [0.05, 0.1) is 25.2 Å². The van der Waals surface area contributed by atoms with Crippen LogP contribution in [0.3, 0.4) is 0 Å². The zero-order valence-corrected chi connectivity index (χ0v) is 15.8. The van der Waals surface area contributed by atoms with Gasteiger partial charge in [0.25, 0.3) is 0 Å². The summed E-state index contributed by atoms with van der Waals surface area (Å²) in [6.45, 7) is 4.32. The Labute approximate surface area is 150 Å². The second-order valence-electron chi connectivity index (χ2n) is 7.98. The lowest BCUT2D eigenvalue weighted by Gasteiger charge is -2.48. The number of methoxy groups -OCH3 is 2. The third kappa shape index (κ3) is 3.08. The van der Waals surface area contributed by atoms with Gasteiger partial charge in [0.1, 0.15) is 0 Å². The Bertz CT molecular complexity index is 536. The highest BCUT2D eigenvalue weighted by Gasteiger charge is 2.60. The maximum absolute atomic E-state index is 12.2. The number of ether oxygens (including phenoxy) is 2. The maximum atomic E-state index is 12.2. The summed E-state index contributed by atoms with van der Waals surface area (Å²) in [6, 6.07) is 0.407. The van der Waals surface area contributed by atoms with Crippen molar-refractivity contribution in [3.63, 3.8) is 0 Å². The largest absolute Gasteiger partial charge is 0.384 e. The highest BCUT2D eigenvalue weighted by molar-refractivity contribution is 5.26. The Kier molecular flexibility index (Phi) is 5.68. The van der Waals surface area contributed by atoms with E-state index in [1.54, 1.807) is 14.2 Å². The Balaban J connectivity index is 2.00. The van der Waals surface area contributed by atoms with Gasteiger partial charge in [-0.05, 0) is 44.6 Å². The van der Waals surface area contributed by atoms with Crippen molar-refractivity contribution in [2.24, 2.45) is 11.8 Å². The lowest BCUT2D eigenvalue weighted by molar-refractivity contribution is -0.596. The van der Waals surface area contributed by atoms with Crippen LogP contribution >= 0.6 is 0 Å². The minimum absolute atomic E-state index is 0.0391. The number of hydrogen-bond acceptors (Lipinski definition) is 5. The van der Waals surface area contributed by atoms with Crippen molar-refractivity contribution in [2.45, 2.75) is 63.5 Å². The predicted octanol–water partition coefficient (Wildman–Crippen LogP) is 3.24. The molecule has 0 unspecified atom stereocenters. The first-order valence-electron chi connectivity index (χ1n) is 9.65. The molecule has 0 aromatic heterocycles. The van der Waals surface area contributed by atoms with Crippen LogP contribution in [0.15, 0.2) is 11.3 Å². The van der Waals surface area contributed by atoms with Crippen LogP contribution < -0.4 is 0 Å². The van der Waals surface area contributed by atoms with Gasteiger partial charge in [0.2, 0.25) is 5.54 Å². The van der Waals surface area contributed by atoms with E-state index in [2.05, 4.69) is 11.8 Å². The van der Waals surface area contributed by atoms with Gasteiger partial charge in [-0.15, -0.1) is 0 Å². The quantitative estimate of drug-likeness (QED) is 0.542. The number of hydrogen-bond donors (Lipinski definition) is 0. The van der Waals surface area contributed by atoms with Crippen LogP contribution in [0.25, 0.3) is 0 Å². The Morgan fingerprint density at radius 1 is 1.20 bits per heavy atom. The molecule has 4 atom stereocenters. The summed E-state index contributed by atoms with van der Waals surface area (Å²) in [5.41, 5.74) is 1.68. The van der Waals surface area contributed by atoms with Crippen LogP contribution in [0.4, 0.5) is 0 Å². The lowest BCUT2D eigenvalue weighted by atomic mass is 9.59. The van der Waals surface area contributed by atoms with Crippen LogP contribution in [-0.4, -0.2) is 55.4 Å². The third-order valence-corrected chi connectivity index (χ3v) is 6.86. The van der Waals surface area contributed by atoms with E-state index < -0.39 is 5.54 Å². The first-order chi connectivity index (χ1) is 12.1. The van der Waals surface area contributed by atoms with E-state index in [9.17, 15) is 10.1 Å². The Morgan fingerprint density at radius 3 is 2.64 bits per heavy atom. The molecule has 1 saturated heterocycles. The molecule has 0 aromatic rings. The van der Waals surface area contributed by atoms with Gasteiger partial charge in [0.15, 0.2) is 0 Å². The lowest BCUT2D eigenvalue weighted by Crippen LogP contribution is -2.58. The van der Waals surface area contributed by atoms with Crippen LogP contribution in [0.2, 0.25) is 0 Å². The smallest absolute Gasteiger partial charge is 0.234 e. The molecular weight excluding hydrogens is 320 g/mol. The van der Waals surface area contributed by atoms with Crippen molar-refractivity contribution in [1.29, 1.82) is 0 Å². The average molecular weight is 352 g/mol. The molecule has 3 rings (SSSR count). The molecule has 1 aliphatic heterocycles. The van der Waals surface area contributed by atoms with Crippen molar-refractivity contribution in [3.8, 4) is 0 Å². The molecule has 6 heteroatoms. The molecule has 3 aliphatic rings. The van der Waals surface area contributed by atoms with Crippen LogP contribution in [0, 0.1) is 22.0 Å². The third-order valence-electron chi connectivity index (χ3n) is 6.86. The van der Waals surface area contributed by atoms with Gasteiger partial charge in [-0.1, -0.05) is 6.42 Å². The minimum atomic E-state index is -0.835. The molecule has 0 N–H and O–H groups in total. The maximum Gasteiger partial charge on any atom is 0.234 e. The van der Waals surface area contributed by atoms with Gasteiger partial charge in [0, 0.05) is 43.7 Å². The highest BCUT2D eigenvalue weighted by atomic mass is 16.6. The van der Waals surface area contributed by atoms with Gasteiger partial charge in [-0.3, -0.25) is 10.1 Å². The van der Waals surface area contributed by atoms with Crippen molar-refractivity contribution < 1.29 is 14.4 Å². The molecule has 0 aromatic carbocycles. The van der Waals surface area contributed by atoms with E-state index in [-0.39, 0.29) is 16.8 Å². The van der Waals surface area contributed by atoms with E-state index in [1.165, 1.54) is 17.7 Å². The van der Waals surface area contributed by atoms with E-state index in [0.717, 1.165) is 45.3 Å². The molecule has 0 bridgehead atoms. The number of rotatable bonds is 6. The van der Waals surface area contributed by atoms with E-state index in [4.69, 9.17) is 9.47 Å². The molecule has 2 fully saturated rings. The van der Waals surface area contributed by atoms with Gasteiger partial charge < -0.3 is 14.4 Å². The summed E-state index contributed by atoms with van der Waals surface area (Å²) in [6.07, 6.45) is 6.86. The van der Waals surface area contributed by atoms with Gasteiger partial charge in [-0.25, -0.2) is 0 Å². The second kappa shape index (κ2) is 7.62. The second-order valence-corrected chi connectivity index (χ2v) is 7.98. The first-order valence-corrected chi connectivity index (χ1v) is 9.65. The number of fused-ring (bicyclic) bond motifs is 1. The summed E-state index contributed by atoms with van der Waals surface area (Å²) in [7, 11) is 3.42. The molecule has 2 aliphatic carbocycles. The number of likely N-dealkylation sites (tertiary alicyclic amines) is 1. The molecule has 25 heavy (non-hydrogen) atoms. The normalized spacial score (nSPS) is 35.8. The van der Waals surface area contributed by atoms with Crippen molar-refractivity contribution in [3.05, 3.63) is 21.4 Å². The molecule has 6 nitrogen and oxygen atoms in total. The number of nitrogens with zero attached hydrogens (tertiary/aromatic N) is 2. The average Bonchev–Trinajstić information content (AvgIpc) is 3.05. The van der Waals surface area contributed by atoms with E-state index in [1.807, 2.05) is 0 Å². The zero-order valence-electron chi connectivity index (χ0n) is 15.8. The fraction of sp³-hybridized carbons (Fsp3) is 0.895. The highest BCUT2D eigenvalue weighted by Crippen LogP contribution is 2.52. The molecule has 1 heterocycles. The molecule has 0 amide bonds. The fourth-order valence-electron chi connectivity index (χ4n) is 5.67. The Morgan fingerprint density at radius 2 is 1.96 bits per heavy atom. The molecule has 0 spiro atoms. The summed E-state index contributed by atoms with van der Waals surface area (Å²) in [5.74, 6) is 0.00393. The van der Waals surface area contributed by atoms with Crippen molar-refractivity contribution in [1.82, 2.24) is 4.90 Å².